The predicted octanol–water partition coefficient (Wildman–Crippen LogP) is 1.25. The quantitative estimate of drug-likeness (QED) is 0.464. The molecule has 1 rings (SSSR count). The molecule has 0 aromatic heterocycles. The Hall–Kier alpha value is -2.15. The zero-order valence-corrected chi connectivity index (χ0v) is 11.9. The molecule has 0 heterocycles. The number of nitrogens with zero attached hydrogens (tertiary/aromatic N) is 2. The molecule has 20 heavy (non-hydrogen) atoms. The Kier molecular flexibility index (Phi) is 5.45. The van der Waals surface area contributed by atoms with E-state index in [1.54, 1.807) is 0 Å². The Morgan fingerprint density at radius 2 is 2.15 bits per heavy atom. The van der Waals surface area contributed by atoms with Crippen molar-refractivity contribution in [1.29, 1.82) is 0 Å². The van der Waals surface area contributed by atoms with Crippen molar-refractivity contribution in [2.75, 3.05) is 25.9 Å². The van der Waals surface area contributed by atoms with Gasteiger partial charge in [0.15, 0.2) is 0 Å². The molecule has 1 aromatic carbocycles. The number of amides is 1. The van der Waals surface area contributed by atoms with Crippen LogP contribution in [0.4, 0.5) is 11.4 Å². The first-order chi connectivity index (χ1) is 9.32. The molecule has 0 atom stereocenters. The van der Waals surface area contributed by atoms with Crippen molar-refractivity contribution in [3.63, 3.8) is 0 Å². The number of nitro benzene ring substituents is 1. The van der Waals surface area contributed by atoms with Crippen LogP contribution in [-0.2, 0) is 0 Å². The molecule has 0 aliphatic heterocycles. The largest absolute Gasteiger partial charge is 0.399 e. The van der Waals surface area contributed by atoms with Gasteiger partial charge in [-0.1, -0.05) is 0 Å². The Balaban J connectivity index is 2.72. The summed E-state index contributed by atoms with van der Waals surface area (Å²) in [5.74, 6) is -0.485. The fourth-order valence-electron chi connectivity index (χ4n) is 1.59. The van der Waals surface area contributed by atoms with Gasteiger partial charge in [0.05, 0.1) is 4.92 Å². The summed E-state index contributed by atoms with van der Waals surface area (Å²) in [5, 5.41) is 13.6. The van der Waals surface area contributed by atoms with Crippen LogP contribution in [0.5, 0.6) is 0 Å². The highest BCUT2D eigenvalue weighted by molar-refractivity contribution is 5.99. The summed E-state index contributed by atoms with van der Waals surface area (Å²) in [5.41, 5.74) is 5.64. The molecule has 0 unspecified atom stereocenters. The monoisotopic (exact) mass is 280 g/mol. The summed E-state index contributed by atoms with van der Waals surface area (Å²) >= 11 is 0. The fourth-order valence-corrected chi connectivity index (χ4v) is 1.59. The van der Waals surface area contributed by atoms with E-state index in [-0.39, 0.29) is 11.3 Å². The van der Waals surface area contributed by atoms with E-state index in [9.17, 15) is 14.9 Å². The molecule has 0 fully saturated rings. The number of likely N-dealkylation sites (N-methyl/N-ethyl adjacent to an activating group) is 1. The number of anilines is 1. The minimum absolute atomic E-state index is 0.0119. The number of carbonyl (C=O) groups excluding carboxylic acids is 1. The SMILES string of the molecule is CC(C)N(C)CCNC(=O)c1cc(N)ccc1[N+](=O)[O-]. The van der Waals surface area contributed by atoms with Gasteiger partial charge in [-0.2, -0.15) is 0 Å². The van der Waals surface area contributed by atoms with Crippen molar-refractivity contribution in [3.05, 3.63) is 33.9 Å². The molecule has 0 saturated heterocycles. The van der Waals surface area contributed by atoms with E-state index < -0.39 is 10.8 Å². The van der Waals surface area contributed by atoms with Crippen molar-refractivity contribution in [3.8, 4) is 0 Å². The van der Waals surface area contributed by atoms with Gasteiger partial charge >= 0.3 is 0 Å². The highest BCUT2D eigenvalue weighted by Crippen LogP contribution is 2.20. The molecule has 0 saturated carbocycles. The van der Waals surface area contributed by atoms with Crippen molar-refractivity contribution >= 4 is 17.3 Å². The van der Waals surface area contributed by atoms with E-state index in [1.165, 1.54) is 18.2 Å². The van der Waals surface area contributed by atoms with Crippen molar-refractivity contribution < 1.29 is 9.72 Å². The van der Waals surface area contributed by atoms with Crippen molar-refractivity contribution in [1.82, 2.24) is 10.2 Å². The maximum atomic E-state index is 12.0. The van der Waals surface area contributed by atoms with Gasteiger partial charge in [-0.25, -0.2) is 0 Å². The number of hydrogen-bond acceptors (Lipinski definition) is 5. The molecule has 7 heteroatoms. The van der Waals surface area contributed by atoms with Crippen LogP contribution in [0.3, 0.4) is 0 Å². The second-order valence-corrected chi connectivity index (χ2v) is 4.86. The van der Waals surface area contributed by atoms with Crippen LogP contribution < -0.4 is 11.1 Å². The lowest BCUT2D eigenvalue weighted by Crippen LogP contribution is -2.36. The lowest BCUT2D eigenvalue weighted by molar-refractivity contribution is -0.385. The Morgan fingerprint density at radius 1 is 1.50 bits per heavy atom. The number of rotatable bonds is 6. The maximum Gasteiger partial charge on any atom is 0.282 e. The smallest absolute Gasteiger partial charge is 0.282 e. The van der Waals surface area contributed by atoms with E-state index in [4.69, 9.17) is 5.73 Å². The summed E-state index contributed by atoms with van der Waals surface area (Å²) in [6.07, 6.45) is 0. The molecule has 0 radical (unpaired) electrons. The molecule has 1 amide bonds. The average Bonchev–Trinajstić information content (AvgIpc) is 2.37. The zero-order valence-electron chi connectivity index (χ0n) is 11.9. The minimum atomic E-state index is -0.589. The van der Waals surface area contributed by atoms with Crippen LogP contribution in [0, 0.1) is 10.1 Å². The number of nitro groups is 1. The van der Waals surface area contributed by atoms with Crippen LogP contribution >= 0.6 is 0 Å². The molecule has 1 aromatic rings. The maximum absolute atomic E-state index is 12.0. The summed E-state index contributed by atoms with van der Waals surface area (Å²) in [7, 11) is 1.94. The summed E-state index contributed by atoms with van der Waals surface area (Å²) < 4.78 is 0. The highest BCUT2D eigenvalue weighted by Gasteiger charge is 2.20. The van der Waals surface area contributed by atoms with Gasteiger partial charge in [0.2, 0.25) is 0 Å². The van der Waals surface area contributed by atoms with Gasteiger partial charge in [0.1, 0.15) is 5.56 Å². The third-order valence-corrected chi connectivity index (χ3v) is 3.09. The normalized spacial score (nSPS) is 10.8. The molecule has 110 valence electrons. The second kappa shape index (κ2) is 6.85. The number of nitrogens with two attached hydrogens (primary N) is 1. The fraction of sp³-hybridized carbons (Fsp3) is 0.462. The highest BCUT2D eigenvalue weighted by atomic mass is 16.6. The van der Waals surface area contributed by atoms with E-state index in [0.717, 1.165) is 0 Å². The molecule has 0 aliphatic rings. The van der Waals surface area contributed by atoms with E-state index in [1.807, 2.05) is 20.9 Å². The Morgan fingerprint density at radius 3 is 2.70 bits per heavy atom. The minimum Gasteiger partial charge on any atom is -0.399 e. The number of nitrogens with one attached hydrogen (secondary N) is 1. The van der Waals surface area contributed by atoms with Crippen molar-refractivity contribution in [2.24, 2.45) is 0 Å². The van der Waals surface area contributed by atoms with Gasteiger partial charge in [0.25, 0.3) is 11.6 Å². The number of carbonyl (C=O) groups is 1. The van der Waals surface area contributed by atoms with Gasteiger partial charge in [0, 0.05) is 30.9 Å². The summed E-state index contributed by atoms with van der Waals surface area (Å²) in [6, 6.07) is 4.33. The van der Waals surface area contributed by atoms with Crippen LogP contribution in [0.25, 0.3) is 0 Å². The first-order valence-electron chi connectivity index (χ1n) is 6.35. The Bertz CT molecular complexity index is 502. The standard InChI is InChI=1S/C13H20N4O3/c1-9(2)16(3)7-6-15-13(18)11-8-10(14)4-5-12(11)17(19)20/h4-5,8-9H,6-7,14H2,1-3H3,(H,15,18). The van der Waals surface area contributed by atoms with E-state index in [2.05, 4.69) is 10.2 Å². The first kappa shape index (κ1) is 15.9. The van der Waals surface area contributed by atoms with E-state index >= 15 is 0 Å². The summed E-state index contributed by atoms with van der Waals surface area (Å²) in [6.45, 7) is 5.17. The van der Waals surface area contributed by atoms with Crippen LogP contribution in [0.15, 0.2) is 18.2 Å². The molecular weight excluding hydrogens is 260 g/mol. The lowest BCUT2D eigenvalue weighted by Gasteiger charge is -2.20. The molecule has 0 spiro atoms. The van der Waals surface area contributed by atoms with Gasteiger partial charge in [-0.15, -0.1) is 0 Å². The van der Waals surface area contributed by atoms with Crippen LogP contribution in [0.2, 0.25) is 0 Å². The van der Waals surface area contributed by atoms with Gasteiger partial charge in [-0.05, 0) is 33.0 Å². The third kappa shape index (κ3) is 4.20. The second-order valence-electron chi connectivity index (χ2n) is 4.86. The van der Waals surface area contributed by atoms with Gasteiger partial charge in [-0.3, -0.25) is 14.9 Å². The van der Waals surface area contributed by atoms with E-state index in [0.29, 0.717) is 24.8 Å². The van der Waals surface area contributed by atoms with Crippen LogP contribution in [-0.4, -0.2) is 41.9 Å². The Labute approximate surface area is 117 Å². The predicted molar refractivity (Wildman–Crippen MR) is 77.6 cm³/mol. The number of hydrogen-bond donors (Lipinski definition) is 2. The topological polar surface area (TPSA) is 102 Å². The molecule has 0 aliphatic carbocycles. The third-order valence-electron chi connectivity index (χ3n) is 3.09. The lowest BCUT2D eigenvalue weighted by atomic mass is 10.1. The molecule has 7 nitrogen and oxygen atoms in total. The average molecular weight is 280 g/mol. The number of benzene rings is 1. The summed E-state index contributed by atoms with van der Waals surface area (Å²) in [4.78, 5) is 24.3. The molecule has 0 bridgehead atoms. The molecular formula is C13H20N4O3. The first-order valence-corrected chi connectivity index (χ1v) is 6.35. The molecule has 3 N–H and O–H groups in total. The van der Waals surface area contributed by atoms with Gasteiger partial charge < -0.3 is 16.0 Å². The van der Waals surface area contributed by atoms with Crippen LogP contribution in [0.1, 0.15) is 24.2 Å². The van der Waals surface area contributed by atoms with Crippen molar-refractivity contribution in [2.45, 2.75) is 19.9 Å². The number of nitrogen functional groups attached to an aromatic ring is 1. The zero-order chi connectivity index (χ0) is 15.3.